The summed E-state index contributed by atoms with van der Waals surface area (Å²) < 4.78 is 10.3. The number of carbonyl (C=O) groups is 1. The third-order valence-electron chi connectivity index (χ3n) is 5.59. The first-order valence-corrected chi connectivity index (χ1v) is 12.9. The highest BCUT2D eigenvalue weighted by atomic mass is 79.9. The molecule has 1 aliphatic heterocycles. The molecular weight excluding hydrogens is 580 g/mol. The average molecular weight is 598 g/mol. The lowest BCUT2D eigenvalue weighted by atomic mass is 9.98. The molecule has 0 aliphatic carbocycles. The van der Waals surface area contributed by atoms with E-state index in [0.29, 0.717) is 32.1 Å². The van der Waals surface area contributed by atoms with Crippen LogP contribution in [-0.2, 0) is 4.79 Å². The lowest BCUT2D eigenvalue weighted by molar-refractivity contribution is -0.114. The van der Waals surface area contributed by atoms with Gasteiger partial charge in [-0.05, 0) is 61.9 Å². The Balaban J connectivity index is 1.68. The van der Waals surface area contributed by atoms with Gasteiger partial charge in [0.1, 0.15) is 17.6 Å². The molecule has 3 heterocycles. The van der Waals surface area contributed by atoms with E-state index in [1.54, 1.807) is 11.5 Å². The van der Waals surface area contributed by atoms with Gasteiger partial charge in [0.15, 0.2) is 10.6 Å². The number of thiazole rings is 1. The summed E-state index contributed by atoms with van der Waals surface area (Å²) in [5.41, 5.74) is 2.66. The Labute approximate surface area is 216 Å². The molecule has 2 aromatic carbocycles. The standard InChI is InChI=1S/C26H18Br2N2O3S/c1-14-23(15(2)31)24(21-12-11-20(33-21)17-5-9-19(28)10-6-17)30-25(32)22(34-26(30)29-14)13-16-3-7-18(27)8-4-16/h3-13,24H,1-2H3/b22-13+/t24-/m1/s1. The molecule has 8 heteroatoms. The fraction of sp³-hybridized carbons (Fsp3) is 0.115. The van der Waals surface area contributed by atoms with Gasteiger partial charge < -0.3 is 4.42 Å². The number of aromatic nitrogens is 1. The molecule has 170 valence electrons. The van der Waals surface area contributed by atoms with Crippen LogP contribution < -0.4 is 14.9 Å². The number of fused-ring (bicyclic) bond motifs is 1. The molecule has 0 fully saturated rings. The predicted octanol–water partition coefficient (Wildman–Crippen LogP) is 5.61. The number of hydrogen-bond acceptors (Lipinski definition) is 5. The average Bonchev–Trinajstić information content (AvgIpc) is 3.40. The van der Waals surface area contributed by atoms with Crippen LogP contribution in [-0.4, -0.2) is 10.4 Å². The van der Waals surface area contributed by atoms with Crippen LogP contribution in [0.4, 0.5) is 0 Å². The molecule has 0 N–H and O–H groups in total. The summed E-state index contributed by atoms with van der Waals surface area (Å²) in [5.74, 6) is 1.04. The van der Waals surface area contributed by atoms with Gasteiger partial charge in [0.2, 0.25) is 0 Å². The molecule has 1 aliphatic rings. The Morgan fingerprint density at radius 2 is 1.68 bits per heavy atom. The molecular formula is C26H18Br2N2O3S. The molecule has 0 saturated heterocycles. The Kier molecular flexibility index (Phi) is 6.14. The van der Waals surface area contributed by atoms with Crippen molar-refractivity contribution in [1.29, 1.82) is 0 Å². The van der Waals surface area contributed by atoms with Crippen molar-refractivity contribution in [2.45, 2.75) is 19.9 Å². The maximum Gasteiger partial charge on any atom is 0.271 e. The first-order chi connectivity index (χ1) is 16.3. The minimum atomic E-state index is -0.676. The summed E-state index contributed by atoms with van der Waals surface area (Å²) in [6, 6.07) is 18.5. The van der Waals surface area contributed by atoms with Crippen molar-refractivity contribution in [3.8, 4) is 11.3 Å². The highest BCUT2D eigenvalue weighted by molar-refractivity contribution is 9.10. The molecule has 1 atom stereocenters. The number of ketones is 1. The summed E-state index contributed by atoms with van der Waals surface area (Å²) in [5, 5.41) is 0. The number of allylic oxidation sites excluding steroid dienone is 2. The second-order valence-electron chi connectivity index (χ2n) is 7.90. The quantitative estimate of drug-likeness (QED) is 0.307. The maximum atomic E-state index is 13.5. The van der Waals surface area contributed by atoms with Crippen molar-refractivity contribution >= 4 is 55.1 Å². The van der Waals surface area contributed by atoms with Gasteiger partial charge in [-0.15, -0.1) is 0 Å². The Morgan fingerprint density at radius 1 is 1.03 bits per heavy atom. The van der Waals surface area contributed by atoms with Crippen LogP contribution >= 0.6 is 43.2 Å². The lowest BCUT2D eigenvalue weighted by Gasteiger charge is -2.22. The summed E-state index contributed by atoms with van der Waals surface area (Å²) in [6.07, 6.45) is 1.84. The van der Waals surface area contributed by atoms with Crippen molar-refractivity contribution < 1.29 is 9.21 Å². The van der Waals surface area contributed by atoms with Crippen LogP contribution in [0.2, 0.25) is 0 Å². The normalized spacial score (nSPS) is 15.9. The van der Waals surface area contributed by atoms with Gasteiger partial charge in [-0.3, -0.25) is 14.2 Å². The van der Waals surface area contributed by atoms with E-state index in [9.17, 15) is 9.59 Å². The Morgan fingerprint density at radius 3 is 2.32 bits per heavy atom. The van der Waals surface area contributed by atoms with Crippen LogP contribution in [0.1, 0.15) is 31.2 Å². The number of furan rings is 1. The van der Waals surface area contributed by atoms with Crippen molar-refractivity contribution in [1.82, 2.24) is 4.57 Å². The summed E-state index contributed by atoms with van der Waals surface area (Å²) in [7, 11) is 0. The zero-order valence-corrected chi connectivity index (χ0v) is 22.2. The highest BCUT2D eigenvalue weighted by Gasteiger charge is 2.33. The zero-order valence-electron chi connectivity index (χ0n) is 18.2. The van der Waals surface area contributed by atoms with Gasteiger partial charge in [0.25, 0.3) is 5.56 Å². The van der Waals surface area contributed by atoms with E-state index >= 15 is 0 Å². The van der Waals surface area contributed by atoms with Crippen LogP contribution in [0.25, 0.3) is 17.4 Å². The molecule has 0 spiro atoms. The van der Waals surface area contributed by atoms with Crippen LogP contribution in [0.5, 0.6) is 0 Å². The first-order valence-electron chi connectivity index (χ1n) is 10.5. The van der Waals surface area contributed by atoms with Crippen LogP contribution in [0, 0.1) is 0 Å². The van der Waals surface area contributed by atoms with E-state index in [4.69, 9.17) is 4.42 Å². The fourth-order valence-electron chi connectivity index (χ4n) is 4.02. The van der Waals surface area contributed by atoms with E-state index in [0.717, 1.165) is 20.1 Å². The van der Waals surface area contributed by atoms with Gasteiger partial charge in [-0.25, -0.2) is 4.99 Å². The largest absolute Gasteiger partial charge is 0.458 e. The van der Waals surface area contributed by atoms with Crippen molar-refractivity contribution in [3.63, 3.8) is 0 Å². The van der Waals surface area contributed by atoms with E-state index in [1.807, 2.05) is 66.7 Å². The number of rotatable bonds is 4. The molecule has 0 saturated carbocycles. The number of halogens is 2. The van der Waals surface area contributed by atoms with Crippen LogP contribution in [0.15, 0.2) is 95.1 Å². The number of nitrogens with zero attached hydrogens (tertiary/aromatic N) is 2. The van der Waals surface area contributed by atoms with E-state index in [1.165, 1.54) is 18.3 Å². The molecule has 0 amide bonds. The Hall–Kier alpha value is -2.81. The molecule has 2 aromatic heterocycles. The summed E-state index contributed by atoms with van der Waals surface area (Å²) in [4.78, 5) is 31.4. The minimum absolute atomic E-state index is 0.143. The van der Waals surface area contributed by atoms with Gasteiger partial charge >= 0.3 is 0 Å². The van der Waals surface area contributed by atoms with E-state index in [2.05, 4.69) is 36.9 Å². The number of benzene rings is 2. The second-order valence-corrected chi connectivity index (χ2v) is 10.7. The van der Waals surface area contributed by atoms with Gasteiger partial charge in [-0.1, -0.05) is 67.5 Å². The van der Waals surface area contributed by atoms with Gasteiger partial charge in [0, 0.05) is 25.8 Å². The monoisotopic (exact) mass is 596 g/mol. The number of hydrogen-bond donors (Lipinski definition) is 0. The highest BCUT2D eigenvalue weighted by Crippen LogP contribution is 2.34. The smallest absolute Gasteiger partial charge is 0.271 e. The van der Waals surface area contributed by atoms with Crippen molar-refractivity contribution in [3.05, 3.63) is 112 Å². The van der Waals surface area contributed by atoms with Gasteiger partial charge in [0.05, 0.1) is 4.53 Å². The number of Topliss-reactive ketones (excluding diaryl/α,β-unsaturated/α-hetero) is 1. The maximum absolute atomic E-state index is 13.5. The molecule has 5 nitrogen and oxygen atoms in total. The predicted molar refractivity (Wildman–Crippen MR) is 140 cm³/mol. The second kappa shape index (κ2) is 9.09. The van der Waals surface area contributed by atoms with Crippen molar-refractivity contribution in [2.24, 2.45) is 4.99 Å². The van der Waals surface area contributed by atoms with E-state index < -0.39 is 6.04 Å². The van der Waals surface area contributed by atoms with E-state index in [-0.39, 0.29) is 11.3 Å². The molecule has 0 bridgehead atoms. The lowest BCUT2D eigenvalue weighted by Crippen LogP contribution is -2.39. The topological polar surface area (TPSA) is 64.6 Å². The summed E-state index contributed by atoms with van der Waals surface area (Å²) >= 11 is 8.18. The molecule has 0 radical (unpaired) electrons. The third-order valence-corrected chi connectivity index (χ3v) is 7.63. The first kappa shape index (κ1) is 23.0. The molecule has 5 rings (SSSR count). The fourth-order valence-corrected chi connectivity index (χ4v) is 5.59. The SMILES string of the molecule is CC(=O)C1=C(C)N=c2s/c(=C/c3ccc(Br)cc3)c(=O)n2[C@@H]1c1ccc(-c2ccc(Br)cc2)o1. The minimum Gasteiger partial charge on any atom is -0.458 e. The van der Waals surface area contributed by atoms with Crippen molar-refractivity contribution in [2.75, 3.05) is 0 Å². The zero-order chi connectivity index (χ0) is 24.0. The molecule has 4 aromatic rings. The molecule has 0 unspecified atom stereocenters. The Bertz CT molecular complexity index is 1620. The number of carbonyl (C=O) groups excluding carboxylic acids is 1. The van der Waals surface area contributed by atoms with Gasteiger partial charge in [-0.2, -0.15) is 0 Å². The third kappa shape index (κ3) is 4.21. The summed E-state index contributed by atoms with van der Waals surface area (Å²) in [6.45, 7) is 3.30. The van der Waals surface area contributed by atoms with Crippen LogP contribution in [0.3, 0.4) is 0 Å². The molecule has 34 heavy (non-hydrogen) atoms.